The molecular formula is C22H19Cl2N5O2S2. The first kappa shape index (κ1) is 23.6. The first-order valence-electron chi connectivity index (χ1n) is 9.84. The summed E-state index contributed by atoms with van der Waals surface area (Å²) < 4.78 is 7.73. The average Bonchev–Trinajstić information content (AvgIpc) is 3.39. The van der Waals surface area contributed by atoms with Crippen molar-refractivity contribution in [2.45, 2.75) is 18.2 Å². The van der Waals surface area contributed by atoms with E-state index in [4.69, 9.17) is 27.9 Å². The van der Waals surface area contributed by atoms with Crippen molar-refractivity contribution in [3.63, 3.8) is 0 Å². The predicted molar refractivity (Wildman–Crippen MR) is 133 cm³/mol. The van der Waals surface area contributed by atoms with Crippen LogP contribution in [0, 0.1) is 0 Å². The van der Waals surface area contributed by atoms with Crippen LogP contribution in [0.5, 0.6) is 5.75 Å². The Balaban J connectivity index is 1.32. The van der Waals surface area contributed by atoms with Gasteiger partial charge in [-0.3, -0.25) is 4.79 Å². The fourth-order valence-corrected chi connectivity index (χ4v) is 4.73. The molecule has 33 heavy (non-hydrogen) atoms. The van der Waals surface area contributed by atoms with Crippen molar-refractivity contribution < 1.29 is 9.53 Å². The summed E-state index contributed by atoms with van der Waals surface area (Å²) >= 11 is 14.6. The van der Waals surface area contributed by atoms with E-state index in [0.717, 1.165) is 11.3 Å². The third kappa shape index (κ3) is 6.05. The van der Waals surface area contributed by atoms with E-state index < -0.39 is 0 Å². The molecule has 1 unspecified atom stereocenters. The first-order valence-corrected chi connectivity index (χ1v) is 12.5. The van der Waals surface area contributed by atoms with Gasteiger partial charge < -0.3 is 14.6 Å². The second-order valence-corrected chi connectivity index (χ2v) is 9.67. The molecule has 0 saturated heterocycles. The highest BCUT2D eigenvalue weighted by atomic mass is 35.5. The van der Waals surface area contributed by atoms with Crippen LogP contribution < -0.4 is 10.1 Å². The van der Waals surface area contributed by atoms with Gasteiger partial charge in [-0.15, -0.1) is 21.5 Å². The number of hydrogen-bond acceptors (Lipinski definition) is 7. The van der Waals surface area contributed by atoms with Crippen molar-refractivity contribution in [2.24, 2.45) is 7.05 Å². The van der Waals surface area contributed by atoms with Crippen LogP contribution >= 0.6 is 46.3 Å². The highest BCUT2D eigenvalue weighted by molar-refractivity contribution is 7.99. The molecule has 170 valence electrons. The molecule has 0 saturated carbocycles. The first-order chi connectivity index (χ1) is 15.9. The predicted octanol–water partition coefficient (Wildman–Crippen LogP) is 6.12. The molecule has 2 aromatic heterocycles. The van der Waals surface area contributed by atoms with Crippen molar-refractivity contribution in [2.75, 3.05) is 11.1 Å². The van der Waals surface area contributed by atoms with Crippen molar-refractivity contribution in [1.29, 1.82) is 0 Å². The minimum atomic E-state index is -0.342. The topological polar surface area (TPSA) is 81.9 Å². The van der Waals surface area contributed by atoms with Crippen molar-refractivity contribution >= 4 is 57.3 Å². The van der Waals surface area contributed by atoms with Gasteiger partial charge in [0.2, 0.25) is 5.91 Å². The summed E-state index contributed by atoms with van der Waals surface area (Å²) in [6.07, 6.45) is -0.342. The molecule has 0 aliphatic carbocycles. The number of carbonyl (C=O) groups is 1. The third-order valence-electron chi connectivity index (χ3n) is 4.56. The molecule has 0 fully saturated rings. The quantitative estimate of drug-likeness (QED) is 0.282. The van der Waals surface area contributed by atoms with E-state index >= 15 is 0 Å². The van der Waals surface area contributed by atoms with E-state index in [1.807, 2.05) is 48.2 Å². The number of nitrogens with zero attached hydrogens (tertiary/aromatic N) is 4. The minimum absolute atomic E-state index is 0.172. The number of benzene rings is 2. The number of halogens is 2. The Morgan fingerprint density at radius 2 is 1.97 bits per heavy atom. The lowest BCUT2D eigenvalue weighted by atomic mass is 10.2. The monoisotopic (exact) mass is 519 g/mol. The summed E-state index contributed by atoms with van der Waals surface area (Å²) in [7, 11) is 1.84. The highest BCUT2D eigenvalue weighted by Gasteiger charge is 2.18. The maximum atomic E-state index is 12.4. The largest absolute Gasteiger partial charge is 0.483 e. The second kappa shape index (κ2) is 10.6. The van der Waals surface area contributed by atoms with Crippen molar-refractivity contribution in [3.8, 4) is 17.0 Å². The second-order valence-electron chi connectivity index (χ2n) is 7.00. The van der Waals surface area contributed by atoms with Crippen LogP contribution in [0.15, 0.2) is 59.1 Å². The Morgan fingerprint density at radius 3 is 2.73 bits per heavy atom. The fraction of sp³-hybridized carbons (Fsp3) is 0.182. The van der Waals surface area contributed by atoms with E-state index in [1.165, 1.54) is 23.1 Å². The summed E-state index contributed by atoms with van der Waals surface area (Å²) in [4.78, 5) is 16.9. The van der Waals surface area contributed by atoms with E-state index in [9.17, 15) is 4.79 Å². The van der Waals surface area contributed by atoms with Crippen LogP contribution in [0.25, 0.3) is 11.3 Å². The number of amides is 1. The zero-order valence-corrected chi connectivity index (χ0v) is 20.8. The molecule has 2 aromatic carbocycles. The highest BCUT2D eigenvalue weighted by Crippen LogP contribution is 2.27. The zero-order chi connectivity index (χ0) is 23.4. The van der Waals surface area contributed by atoms with Gasteiger partial charge in [-0.05, 0) is 37.3 Å². The summed E-state index contributed by atoms with van der Waals surface area (Å²) in [5, 5.41) is 15.5. The molecule has 4 rings (SSSR count). The van der Waals surface area contributed by atoms with Crippen LogP contribution in [0.2, 0.25) is 10.0 Å². The van der Waals surface area contributed by atoms with Gasteiger partial charge in [0, 0.05) is 28.0 Å². The van der Waals surface area contributed by atoms with Gasteiger partial charge in [0.25, 0.3) is 0 Å². The molecule has 0 aliphatic heterocycles. The molecule has 0 radical (unpaired) electrons. The van der Waals surface area contributed by atoms with E-state index in [-0.39, 0.29) is 17.8 Å². The Kier molecular flexibility index (Phi) is 7.54. The molecule has 0 bridgehead atoms. The van der Waals surface area contributed by atoms with Gasteiger partial charge in [0.15, 0.2) is 22.2 Å². The molecular weight excluding hydrogens is 501 g/mol. The number of hydrogen-bond donors (Lipinski definition) is 1. The van der Waals surface area contributed by atoms with Gasteiger partial charge in [0.05, 0.1) is 11.4 Å². The van der Waals surface area contributed by atoms with Crippen LogP contribution in [-0.2, 0) is 11.8 Å². The van der Waals surface area contributed by atoms with Gasteiger partial charge in [0.1, 0.15) is 5.75 Å². The van der Waals surface area contributed by atoms with Gasteiger partial charge in [-0.2, -0.15) is 0 Å². The third-order valence-corrected chi connectivity index (χ3v) is 6.83. The van der Waals surface area contributed by atoms with Gasteiger partial charge >= 0.3 is 0 Å². The molecule has 1 N–H and O–H groups in total. The van der Waals surface area contributed by atoms with Gasteiger partial charge in [-0.1, -0.05) is 53.2 Å². The number of aromatic nitrogens is 4. The molecule has 11 heteroatoms. The summed E-state index contributed by atoms with van der Waals surface area (Å²) in [6.45, 7) is 1.88. The Morgan fingerprint density at radius 1 is 1.18 bits per heavy atom. The van der Waals surface area contributed by atoms with E-state index in [1.54, 1.807) is 24.3 Å². The zero-order valence-electron chi connectivity index (χ0n) is 17.7. The number of ether oxygens (including phenoxy) is 1. The smallest absolute Gasteiger partial charge is 0.236 e. The molecule has 0 aliphatic rings. The van der Waals surface area contributed by atoms with Crippen LogP contribution in [-0.4, -0.2) is 31.4 Å². The summed E-state index contributed by atoms with van der Waals surface area (Å²) in [5.74, 6) is 1.29. The lowest BCUT2D eigenvalue weighted by Gasteiger charge is -2.14. The van der Waals surface area contributed by atoms with Gasteiger partial charge in [-0.25, -0.2) is 4.98 Å². The maximum absolute atomic E-state index is 12.4. The van der Waals surface area contributed by atoms with Crippen LogP contribution in [0.3, 0.4) is 0 Å². The summed E-state index contributed by atoms with van der Waals surface area (Å²) in [6, 6.07) is 14.6. The average molecular weight is 520 g/mol. The van der Waals surface area contributed by atoms with Crippen molar-refractivity contribution in [3.05, 3.63) is 69.8 Å². The summed E-state index contributed by atoms with van der Waals surface area (Å²) in [5.41, 5.74) is 1.72. The van der Waals surface area contributed by atoms with E-state index in [0.29, 0.717) is 31.9 Å². The van der Waals surface area contributed by atoms with E-state index in [2.05, 4.69) is 20.5 Å². The number of thioether (sulfide) groups is 1. The SMILES string of the molecule is CC(Oc1cccc(Cl)c1)c1nnc(SCC(=O)Nc2nc(-c3ccc(Cl)cc3)cs2)n1C. The minimum Gasteiger partial charge on any atom is -0.483 e. The standard InChI is InChI=1S/C22H19Cl2N5O2S2/c1-13(31-17-5-3-4-16(24)10-17)20-27-28-22(29(20)2)33-12-19(30)26-21-25-18(11-32-21)14-6-8-15(23)9-7-14/h3-11,13H,12H2,1-2H3,(H,25,26,30). The Bertz CT molecular complexity index is 1260. The molecule has 1 amide bonds. The number of thiazole rings is 1. The Labute approximate surface area is 209 Å². The Hall–Kier alpha value is -2.59. The maximum Gasteiger partial charge on any atom is 0.236 e. The molecule has 4 aromatic rings. The molecule has 1 atom stereocenters. The van der Waals surface area contributed by atoms with Crippen LogP contribution in [0.1, 0.15) is 18.9 Å². The number of carbonyl (C=O) groups excluding carboxylic acids is 1. The molecule has 0 spiro atoms. The van der Waals surface area contributed by atoms with Crippen molar-refractivity contribution in [1.82, 2.24) is 19.7 Å². The number of rotatable bonds is 8. The lowest BCUT2D eigenvalue weighted by Crippen LogP contribution is -2.14. The lowest BCUT2D eigenvalue weighted by molar-refractivity contribution is -0.113. The normalized spacial score (nSPS) is 11.9. The molecule has 7 nitrogen and oxygen atoms in total. The number of nitrogens with one attached hydrogen (secondary N) is 1. The number of anilines is 1. The van der Waals surface area contributed by atoms with Crippen LogP contribution in [0.4, 0.5) is 5.13 Å². The molecule has 2 heterocycles. The fourth-order valence-electron chi connectivity index (χ4n) is 2.97.